The maximum absolute atomic E-state index is 13.3. The Kier molecular flexibility index (Phi) is 8.34. The lowest BCUT2D eigenvalue weighted by Crippen LogP contribution is -2.45. The summed E-state index contributed by atoms with van der Waals surface area (Å²) in [5, 5.41) is 13.3. The van der Waals surface area contributed by atoms with Gasteiger partial charge in [0.1, 0.15) is 12.4 Å². The molecule has 1 aliphatic rings. The summed E-state index contributed by atoms with van der Waals surface area (Å²) in [6.45, 7) is 4.78. The minimum absolute atomic E-state index is 0. The topological polar surface area (TPSA) is 35.5 Å². The molecule has 1 aliphatic heterocycles. The summed E-state index contributed by atoms with van der Waals surface area (Å²) in [6, 6.07) is 5.20. The molecule has 3 nitrogen and oxygen atoms in total. The lowest BCUT2D eigenvalue weighted by molar-refractivity contribution is 0.145. The zero-order chi connectivity index (χ0) is 12.3. The molecule has 0 aliphatic carbocycles. The van der Waals surface area contributed by atoms with E-state index in [4.69, 9.17) is 0 Å². The fourth-order valence-corrected chi connectivity index (χ4v) is 2.32. The zero-order valence-corrected chi connectivity index (χ0v) is 12.6. The third-order valence-electron chi connectivity index (χ3n) is 3.37. The number of alkyl halides is 1. The normalized spacial score (nSPS) is 17.2. The van der Waals surface area contributed by atoms with Gasteiger partial charge in [-0.05, 0) is 12.5 Å². The second-order valence-corrected chi connectivity index (χ2v) is 4.47. The summed E-state index contributed by atoms with van der Waals surface area (Å²) in [5.74, 6) is 0.230. The largest absolute Gasteiger partial charge is 0.507 e. The van der Waals surface area contributed by atoms with Crippen molar-refractivity contribution in [2.45, 2.75) is 13.0 Å². The highest BCUT2D eigenvalue weighted by molar-refractivity contribution is 5.85. The molecule has 0 radical (unpaired) electrons. The molecule has 110 valence electrons. The molecule has 19 heavy (non-hydrogen) atoms. The molecule has 0 bridgehead atoms. The predicted molar refractivity (Wildman–Crippen MR) is 80.5 cm³/mol. The van der Waals surface area contributed by atoms with Gasteiger partial charge in [-0.25, -0.2) is 4.39 Å². The Morgan fingerprint density at radius 3 is 2.53 bits per heavy atom. The van der Waals surface area contributed by atoms with Crippen LogP contribution in [0.2, 0.25) is 0 Å². The molecule has 2 N–H and O–H groups in total. The van der Waals surface area contributed by atoms with Gasteiger partial charge in [-0.3, -0.25) is 4.90 Å². The third kappa shape index (κ3) is 4.21. The summed E-state index contributed by atoms with van der Waals surface area (Å²) >= 11 is 0. The van der Waals surface area contributed by atoms with Gasteiger partial charge >= 0.3 is 0 Å². The molecule has 0 aromatic heterocycles. The fourth-order valence-electron chi connectivity index (χ4n) is 2.32. The monoisotopic (exact) mass is 310 g/mol. The van der Waals surface area contributed by atoms with E-state index >= 15 is 0 Å². The van der Waals surface area contributed by atoms with E-state index in [-0.39, 0.29) is 36.6 Å². The average Bonchev–Trinajstić information content (AvgIpc) is 2.37. The first-order chi connectivity index (χ1) is 8.24. The lowest BCUT2D eigenvalue weighted by Gasteiger charge is -2.34. The van der Waals surface area contributed by atoms with Crippen molar-refractivity contribution in [2.75, 3.05) is 32.9 Å². The van der Waals surface area contributed by atoms with E-state index in [1.165, 1.54) is 0 Å². The summed E-state index contributed by atoms with van der Waals surface area (Å²) < 4.78 is 13.3. The van der Waals surface area contributed by atoms with Crippen LogP contribution in [0.4, 0.5) is 4.39 Å². The second-order valence-electron chi connectivity index (χ2n) is 4.47. The third-order valence-corrected chi connectivity index (χ3v) is 3.37. The minimum Gasteiger partial charge on any atom is -0.507 e. The Balaban J connectivity index is 0.00000162. The Bertz CT molecular complexity index is 387. The predicted octanol–water partition coefficient (Wildman–Crippen LogP) is 2.46. The molecule has 1 aromatic carbocycles. The summed E-state index contributed by atoms with van der Waals surface area (Å²) in [4.78, 5) is 2.09. The number of para-hydroxylation sites is 1. The quantitative estimate of drug-likeness (QED) is 0.900. The maximum Gasteiger partial charge on any atom is 0.123 e. The number of piperazine rings is 1. The van der Waals surface area contributed by atoms with Crippen LogP contribution in [0.25, 0.3) is 0 Å². The minimum atomic E-state index is -0.461. The smallest absolute Gasteiger partial charge is 0.123 e. The van der Waals surface area contributed by atoms with Crippen LogP contribution in [0.1, 0.15) is 17.2 Å². The zero-order valence-electron chi connectivity index (χ0n) is 10.9. The van der Waals surface area contributed by atoms with Crippen molar-refractivity contribution in [2.24, 2.45) is 0 Å². The Morgan fingerprint density at radius 2 is 1.95 bits per heavy atom. The number of nitrogens with one attached hydrogen (secondary N) is 1. The van der Waals surface area contributed by atoms with Gasteiger partial charge in [-0.1, -0.05) is 18.2 Å². The van der Waals surface area contributed by atoms with Crippen LogP contribution in [0, 0.1) is 6.92 Å². The molecular weight excluding hydrogens is 290 g/mol. The molecule has 1 fully saturated rings. The van der Waals surface area contributed by atoms with Gasteiger partial charge in [0.05, 0.1) is 6.04 Å². The van der Waals surface area contributed by atoms with Crippen LogP contribution in [-0.4, -0.2) is 42.9 Å². The van der Waals surface area contributed by atoms with Crippen molar-refractivity contribution in [3.63, 3.8) is 0 Å². The summed E-state index contributed by atoms with van der Waals surface area (Å²) in [7, 11) is 0. The second kappa shape index (κ2) is 8.59. The molecular formula is C13H21Cl2FN2O. The molecule has 0 amide bonds. The number of phenols is 1. The highest BCUT2D eigenvalue weighted by atomic mass is 35.5. The van der Waals surface area contributed by atoms with Crippen LogP contribution in [0.15, 0.2) is 18.2 Å². The van der Waals surface area contributed by atoms with Crippen molar-refractivity contribution in [1.29, 1.82) is 0 Å². The van der Waals surface area contributed by atoms with Crippen LogP contribution in [0.3, 0.4) is 0 Å². The molecule has 0 unspecified atom stereocenters. The maximum atomic E-state index is 13.3. The fraction of sp³-hybridized carbons (Fsp3) is 0.538. The van der Waals surface area contributed by atoms with E-state index in [0.717, 1.165) is 31.7 Å². The van der Waals surface area contributed by atoms with Crippen LogP contribution in [-0.2, 0) is 0 Å². The number of benzene rings is 1. The van der Waals surface area contributed by atoms with Crippen LogP contribution < -0.4 is 5.32 Å². The number of rotatable bonds is 3. The molecule has 2 rings (SSSR count). The van der Waals surface area contributed by atoms with E-state index in [2.05, 4.69) is 10.2 Å². The van der Waals surface area contributed by atoms with E-state index < -0.39 is 6.67 Å². The molecule has 1 atom stereocenters. The molecule has 6 heteroatoms. The van der Waals surface area contributed by atoms with Gasteiger partial charge in [0.15, 0.2) is 0 Å². The molecule has 1 aromatic rings. The van der Waals surface area contributed by atoms with Crippen molar-refractivity contribution in [3.8, 4) is 5.75 Å². The van der Waals surface area contributed by atoms with Gasteiger partial charge < -0.3 is 10.4 Å². The number of nitrogens with zero attached hydrogens (tertiary/aromatic N) is 1. The van der Waals surface area contributed by atoms with Gasteiger partial charge in [-0.2, -0.15) is 0 Å². The number of hydrogen-bond acceptors (Lipinski definition) is 3. The van der Waals surface area contributed by atoms with Gasteiger partial charge in [0, 0.05) is 31.7 Å². The first kappa shape index (κ1) is 18.4. The van der Waals surface area contributed by atoms with E-state index in [1.54, 1.807) is 0 Å². The SMILES string of the molecule is Cc1cccc([C@@H](CF)N2CCNCC2)c1O.Cl.Cl. The highest BCUT2D eigenvalue weighted by Gasteiger charge is 2.24. The van der Waals surface area contributed by atoms with Gasteiger partial charge in [-0.15, -0.1) is 24.8 Å². The van der Waals surface area contributed by atoms with Crippen molar-refractivity contribution in [3.05, 3.63) is 29.3 Å². The number of phenolic OH excluding ortho intramolecular Hbond substituents is 1. The van der Waals surface area contributed by atoms with Crippen molar-refractivity contribution < 1.29 is 9.50 Å². The number of hydrogen-bond donors (Lipinski definition) is 2. The Hall–Kier alpha value is -0.550. The summed E-state index contributed by atoms with van der Waals surface area (Å²) in [6.07, 6.45) is 0. The molecule has 1 saturated heterocycles. The van der Waals surface area contributed by atoms with E-state index in [9.17, 15) is 9.50 Å². The Morgan fingerprint density at radius 1 is 1.32 bits per heavy atom. The molecule has 0 spiro atoms. The number of halogens is 3. The molecule has 1 heterocycles. The average molecular weight is 311 g/mol. The number of aromatic hydroxyl groups is 1. The van der Waals surface area contributed by atoms with E-state index in [1.807, 2.05) is 25.1 Å². The van der Waals surface area contributed by atoms with Crippen LogP contribution in [0.5, 0.6) is 5.75 Å². The van der Waals surface area contributed by atoms with Gasteiger partial charge in [0.2, 0.25) is 0 Å². The van der Waals surface area contributed by atoms with Gasteiger partial charge in [0.25, 0.3) is 0 Å². The van der Waals surface area contributed by atoms with Crippen molar-refractivity contribution in [1.82, 2.24) is 10.2 Å². The van der Waals surface area contributed by atoms with Crippen molar-refractivity contribution >= 4 is 24.8 Å². The summed E-state index contributed by atoms with van der Waals surface area (Å²) in [5.41, 5.74) is 1.51. The Labute approximate surface area is 126 Å². The van der Waals surface area contributed by atoms with E-state index in [0.29, 0.717) is 5.56 Å². The lowest BCUT2D eigenvalue weighted by atomic mass is 10.0. The number of aryl methyl sites for hydroxylation is 1. The molecule has 0 saturated carbocycles. The highest BCUT2D eigenvalue weighted by Crippen LogP contribution is 2.31. The standard InChI is InChI=1S/C13H19FN2O.2ClH/c1-10-3-2-4-11(13(10)17)12(9-14)16-7-5-15-6-8-16;;/h2-4,12,15,17H,5-9H2,1H3;2*1H/t12-;;/m1../s1. The first-order valence-electron chi connectivity index (χ1n) is 6.03. The first-order valence-corrected chi connectivity index (χ1v) is 6.03. The van der Waals surface area contributed by atoms with Crippen LogP contribution >= 0.6 is 24.8 Å².